The number of sulfonamides is 1. The molecule has 2 aromatic rings. The van der Waals surface area contributed by atoms with Crippen molar-refractivity contribution in [3.63, 3.8) is 0 Å². The molecule has 5 atom stereocenters. The van der Waals surface area contributed by atoms with Crippen molar-refractivity contribution < 1.29 is 37.4 Å². The molecule has 2 saturated carbocycles. The van der Waals surface area contributed by atoms with E-state index in [1.807, 2.05) is 18.2 Å². The number of alkyl carbamates (subject to hydrolysis) is 1. The summed E-state index contributed by atoms with van der Waals surface area (Å²) < 4.78 is 33.6. The van der Waals surface area contributed by atoms with E-state index < -0.39 is 79.2 Å². The van der Waals surface area contributed by atoms with E-state index in [0.717, 1.165) is 4.70 Å². The molecule has 256 valence electrons. The highest BCUT2D eigenvalue weighted by Crippen LogP contribution is 2.46. The quantitative estimate of drug-likeness (QED) is 0.288. The Morgan fingerprint density at radius 3 is 2.34 bits per heavy atom. The van der Waals surface area contributed by atoms with Gasteiger partial charge in [-0.1, -0.05) is 39.0 Å². The molecule has 5 rings (SSSR count). The predicted octanol–water partition coefficient (Wildman–Crippen LogP) is 2.69. The van der Waals surface area contributed by atoms with Crippen LogP contribution < -0.4 is 15.4 Å². The maximum absolute atomic E-state index is 14.4. The Bertz CT molecular complexity index is 1690. The van der Waals surface area contributed by atoms with Crippen LogP contribution in [0.2, 0.25) is 0 Å². The van der Waals surface area contributed by atoms with Crippen molar-refractivity contribution in [2.45, 2.75) is 101 Å². The molecule has 3 aliphatic rings. The number of likely N-dealkylation sites (tertiary alicyclic amines) is 1. The summed E-state index contributed by atoms with van der Waals surface area (Å²) in [5.41, 5.74) is -4.39. The number of thiazole rings is 1. The van der Waals surface area contributed by atoms with Crippen molar-refractivity contribution >= 4 is 55.4 Å². The zero-order valence-electron chi connectivity index (χ0n) is 27.5. The van der Waals surface area contributed by atoms with Crippen molar-refractivity contribution in [3.8, 4) is 0 Å². The molecule has 0 unspecified atom stereocenters. The van der Waals surface area contributed by atoms with Gasteiger partial charge in [0.25, 0.3) is 5.91 Å². The topological polar surface area (TPSA) is 184 Å². The lowest BCUT2D eigenvalue weighted by Crippen LogP contribution is -2.60. The van der Waals surface area contributed by atoms with Crippen molar-refractivity contribution in [2.24, 2.45) is 11.3 Å². The summed E-state index contributed by atoms with van der Waals surface area (Å²) in [5, 5.41) is 17.1. The van der Waals surface area contributed by atoms with Gasteiger partial charge in [-0.25, -0.2) is 18.2 Å². The number of amides is 4. The number of nitrogens with one attached hydrogen (secondary N) is 3. The van der Waals surface area contributed by atoms with E-state index in [1.165, 1.54) is 22.3 Å². The monoisotopic (exact) mass is 689 g/mol. The average Bonchev–Trinajstić information content (AvgIpc) is 3.85. The molecular formula is C32H43N5O8S2. The predicted molar refractivity (Wildman–Crippen MR) is 176 cm³/mol. The normalized spacial score (nSPS) is 26.7. The smallest absolute Gasteiger partial charge is 0.408 e. The number of hydrogen-bond donors (Lipinski definition) is 4. The summed E-state index contributed by atoms with van der Waals surface area (Å²) >= 11 is 1.24. The first-order chi connectivity index (χ1) is 21.7. The van der Waals surface area contributed by atoms with E-state index in [9.17, 15) is 32.7 Å². The molecule has 1 saturated heterocycles. The molecule has 47 heavy (non-hydrogen) atoms. The van der Waals surface area contributed by atoms with Crippen LogP contribution in [0.25, 0.3) is 10.2 Å². The minimum atomic E-state index is -3.91. The fourth-order valence-electron chi connectivity index (χ4n) is 5.84. The Morgan fingerprint density at radius 1 is 1.13 bits per heavy atom. The van der Waals surface area contributed by atoms with Gasteiger partial charge in [-0.05, 0) is 57.6 Å². The number of para-hydroxylation sites is 1. The van der Waals surface area contributed by atoms with Crippen molar-refractivity contribution in [1.29, 1.82) is 0 Å². The minimum absolute atomic E-state index is 0.113. The van der Waals surface area contributed by atoms with Crippen LogP contribution in [0, 0.1) is 11.3 Å². The molecule has 13 nitrogen and oxygen atoms in total. The van der Waals surface area contributed by atoms with Gasteiger partial charge < -0.3 is 25.4 Å². The SMILES string of the molecule is C=C[C@@H]1C[C@]1(NC(=O)[C@@H]1C[C@@](O)(c2nc3ccccc3s2)CN1C(=O)[C@@H](NC(=O)OC(C)(C)C)C(C)(C)C)C(=O)NS(=O)(=O)C1CC1. The lowest BCUT2D eigenvalue weighted by atomic mass is 9.85. The van der Waals surface area contributed by atoms with Crippen molar-refractivity contribution in [3.05, 3.63) is 41.9 Å². The number of fused-ring (bicyclic) bond motifs is 1. The summed E-state index contributed by atoms with van der Waals surface area (Å²) in [6.45, 7) is 13.7. The Kier molecular flexibility index (Phi) is 8.76. The third-order valence-electron chi connectivity index (χ3n) is 8.64. The van der Waals surface area contributed by atoms with E-state index in [-0.39, 0.29) is 19.4 Å². The van der Waals surface area contributed by atoms with Crippen LogP contribution >= 0.6 is 11.3 Å². The van der Waals surface area contributed by atoms with E-state index in [2.05, 4.69) is 26.9 Å². The maximum atomic E-state index is 14.4. The van der Waals surface area contributed by atoms with Gasteiger partial charge in [0.2, 0.25) is 21.8 Å². The number of benzene rings is 1. The number of β-amino-alcohol motifs (C(OH)–C–C–N with tert-alkyl or cyclic N) is 1. The summed E-state index contributed by atoms with van der Waals surface area (Å²) in [6.07, 6.45) is 1.39. The molecule has 2 aliphatic carbocycles. The van der Waals surface area contributed by atoms with Gasteiger partial charge in [0.15, 0.2) is 0 Å². The van der Waals surface area contributed by atoms with Crippen LogP contribution in [0.4, 0.5) is 4.79 Å². The molecule has 4 N–H and O–H groups in total. The van der Waals surface area contributed by atoms with Crippen LogP contribution in [0.1, 0.15) is 72.2 Å². The molecule has 1 aliphatic heterocycles. The van der Waals surface area contributed by atoms with Gasteiger partial charge in [0, 0.05) is 12.3 Å². The number of carbonyl (C=O) groups excluding carboxylic acids is 4. The zero-order chi connectivity index (χ0) is 34.7. The standard InChI is InChI=1S/C32H43N5O8S2/c1-8-18-15-32(18,26(40)36-47(43,44)19-13-14-19)35-24(38)21-16-31(42,27-33-20-11-9-10-12-22(20)46-27)17-37(21)25(39)23(29(2,3)4)34-28(41)45-30(5,6)7/h8-12,18-19,21,23,42H,1,13-17H2,2-7H3,(H,34,41)(H,35,38)(H,36,40)/t18-,21+,23-,31+,32-/m1/s1. The van der Waals surface area contributed by atoms with Gasteiger partial charge in [-0.3, -0.25) is 19.1 Å². The molecule has 3 fully saturated rings. The average molecular weight is 690 g/mol. The fourth-order valence-corrected chi connectivity index (χ4v) is 8.26. The highest BCUT2D eigenvalue weighted by molar-refractivity contribution is 7.91. The van der Waals surface area contributed by atoms with Crippen LogP contribution in [0.15, 0.2) is 36.9 Å². The number of carbonyl (C=O) groups is 4. The van der Waals surface area contributed by atoms with Gasteiger partial charge in [0.05, 0.1) is 22.0 Å². The third-order valence-corrected chi connectivity index (χ3v) is 11.7. The second-order valence-electron chi connectivity index (χ2n) is 14.8. The van der Waals surface area contributed by atoms with Crippen LogP contribution in [0.5, 0.6) is 0 Å². The molecule has 0 spiro atoms. The minimum Gasteiger partial charge on any atom is -0.444 e. The van der Waals surface area contributed by atoms with Gasteiger partial charge >= 0.3 is 6.09 Å². The summed E-state index contributed by atoms with van der Waals surface area (Å²) in [6, 6.07) is 4.82. The Morgan fingerprint density at radius 2 is 1.79 bits per heavy atom. The lowest BCUT2D eigenvalue weighted by molar-refractivity contribution is -0.143. The maximum Gasteiger partial charge on any atom is 0.408 e. The molecule has 0 radical (unpaired) electrons. The molecule has 1 aromatic carbocycles. The van der Waals surface area contributed by atoms with Gasteiger partial charge in [-0.15, -0.1) is 17.9 Å². The first-order valence-corrected chi connectivity index (χ1v) is 17.9. The third kappa shape index (κ3) is 7.16. The molecule has 15 heteroatoms. The highest BCUT2D eigenvalue weighted by atomic mass is 32.2. The van der Waals surface area contributed by atoms with E-state index >= 15 is 0 Å². The van der Waals surface area contributed by atoms with Crippen LogP contribution in [-0.4, -0.2) is 82.2 Å². The van der Waals surface area contributed by atoms with Gasteiger partial charge in [0.1, 0.15) is 33.8 Å². The molecule has 2 heterocycles. The molecule has 1 aromatic heterocycles. The summed E-state index contributed by atoms with van der Waals surface area (Å²) in [7, 11) is -3.91. The molecular weight excluding hydrogens is 647 g/mol. The second-order valence-corrected chi connectivity index (χ2v) is 17.8. The lowest BCUT2D eigenvalue weighted by Gasteiger charge is -2.36. The first-order valence-electron chi connectivity index (χ1n) is 15.6. The number of aliphatic hydroxyl groups is 1. The van der Waals surface area contributed by atoms with Crippen LogP contribution in [-0.2, 0) is 34.7 Å². The summed E-state index contributed by atoms with van der Waals surface area (Å²) in [4.78, 5) is 60.6. The number of hydrogen-bond acceptors (Lipinski definition) is 10. The Balaban J connectivity index is 1.48. The largest absolute Gasteiger partial charge is 0.444 e. The zero-order valence-corrected chi connectivity index (χ0v) is 29.1. The van der Waals surface area contributed by atoms with Gasteiger partial charge in [-0.2, -0.15) is 0 Å². The highest BCUT2D eigenvalue weighted by Gasteiger charge is 2.62. The number of aromatic nitrogens is 1. The van der Waals surface area contributed by atoms with E-state index in [4.69, 9.17) is 4.74 Å². The van der Waals surface area contributed by atoms with E-state index in [0.29, 0.717) is 23.4 Å². The van der Waals surface area contributed by atoms with Crippen molar-refractivity contribution in [1.82, 2.24) is 25.2 Å². The fraction of sp³-hybridized carbons (Fsp3) is 0.594. The Labute approximate surface area is 278 Å². The number of rotatable bonds is 9. The van der Waals surface area contributed by atoms with Crippen molar-refractivity contribution in [2.75, 3.05) is 6.54 Å². The number of nitrogens with zero attached hydrogens (tertiary/aromatic N) is 2. The Hall–Kier alpha value is -3.56. The van der Waals surface area contributed by atoms with Crippen LogP contribution in [0.3, 0.4) is 0 Å². The summed E-state index contributed by atoms with van der Waals surface area (Å²) in [5.74, 6) is -2.83. The molecule has 0 bridgehead atoms. The second kappa shape index (κ2) is 11.8. The van der Waals surface area contributed by atoms with E-state index in [1.54, 1.807) is 47.6 Å². The number of ether oxygens (including phenoxy) is 1. The molecule has 4 amide bonds. The first kappa shape index (κ1) is 34.8.